The first-order valence-electron chi connectivity index (χ1n) is 9.07. The van der Waals surface area contributed by atoms with Crippen LogP contribution in [-0.2, 0) is 17.4 Å². The second-order valence-corrected chi connectivity index (χ2v) is 6.28. The Labute approximate surface area is 170 Å². The van der Waals surface area contributed by atoms with E-state index in [1.807, 2.05) is 12.1 Å². The van der Waals surface area contributed by atoms with Gasteiger partial charge >= 0.3 is 6.18 Å². The number of aromatic nitrogens is 3. The smallest absolute Gasteiger partial charge is 0.368 e. The maximum atomic E-state index is 12.6. The quantitative estimate of drug-likeness (QED) is 0.488. The molecule has 0 aliphatic rings. The maximum Gasteiger partial charge on any atom is 0.416 e. The van der Waals surface area contributed by atoms with E-state index in [-0.39, 0.29) is 12.3 Å². The Bertz CT molecular complexity index is 964. The number of benzene rings is 1. The van der Waals surface area contributed by atoms with Gasteiger partial charge < -0.3 is 16.0 Å². The van der Waals surface area contributed by atoms with Crippen molar-refractivity contribution in [1.29, 1.82) is 0 Å². The molecule has 0 unspecified atom stereocenters. The number of alkyl halides is 3. The zero-order valence-corrected chi connectivity index (χ0v) is 15.8. The van der Waals surface area contributed by atoms with E-state index in [0.717, 1.165) is 12.1 Å². The van der Waals surface area contributed by atoms with E-state index in [2.05, 4.69) is 30.9 Å². The normalized spacial score (nSPS) is 11.0. The fraction of sp³-hybridized carbons (Fsp3) is 0.200. The Hall–Kier alpha value is -3.69. The van der Waals surface area contributed by atoms with E-state index >= 15 is 0 Å². The molecule has 156 valence electrons. The largest absolute Gasteiger partial charge is 0.416 e. The van der Waals surface area contributed by atoms with E-state index < -0.39 is 11.7 Å². The lowest BCUT2D eigenvalue weighted by Gasteiger charge is -2.10. The summed E-state index contributed by atoms with van der Waals surface area (Å²) in [6.45, 7) is 0.741. The fourth-order valence-electron chi connectivity index (χ4n) is 2.54. The van der Waals surface area contributed by atoms with Gasteiger partial charge in [-0.05, 0) is 29.8 Å². The third-order valence-corrected chi connectivity index (χ3v) is 3.99. The Kier molecular flexibility index (Phi) is 6.79. The molecule has 3 rings (SSSR count). The van der Waals surface area contributed by atoms with Crippen molar-refractivity contribution >= 4 is 23.4 Å². The van der Waals surface area contributed by atoms with Crippen molar-refractivity contribution in [1.82, 2.24) is 20.3 Å². The highest BCUT2D eigenvalue weighted by Gasteiger charge is 2.29. The number of amides is 1. The van der Waals surface area contributed by atoms with Gasteiger partial charge in [0.25, 0.3) is 0 Å². The molecule has 2 heterocycles. The summed E-state index contributed by atoms with van der Waals surface area (Å²) in [6.07, 6.45) is -1.32. The van der Waals surface area contributed by atoms with Crippen LogP contribution in [-0.4, -0.2) is 33.9 Å². The molecule has 1 amide bonds. The predicted octanol–water partition coefficient (Wildman–Crippen LogP) is 3.40. The first-order valence-corrected chi connectivity index (χ1v) is 9.07. The van der Waals surface area contributed by atoms with Crippen molar-refractivity contribution < 1.29 is 18.0 Å². The first-order chi connectivity index (χ1) is 14.4. The molecule has 3 N–H and O–H groups in total. The molecule has 30 heavy (non-hydrogen) atoms. The van der Waals surface area contributed by atoms with Gasteiger partial charge in [-0.15, -0.1) is 0 Å². The molecular formula is C20H19F3N6O. The highest BCUT2D eigenvalue weighted by Crippen LogP contribution is 2.29. The van der Waals surface area contributed by atoms with Crippen LogP contribution in [0.5, 0.6) is 0 Å². The number of hydrogen-bond donors (Lipinski definition) is 3. The summed E-state index contributed by atoms with van der Waals surface area (Å²) in [7, 11) is 0. The molecule has 0 aliphatic carbocycles. The zero-order valence-electron chi connectivity index (χ0n) is 15.8. The third-order valence-electron chi connectivity index (χ3n) is 3.99. The van der Waals surface area contributed by atoms with Gasteiger partial charge in [-0.3, -0.25) is 4.79 Å². The molecule has 1 aromatic carbocycles. The maximum absolute atomic E-state index is 12.6. The molecule has 0 saturated carbocycles. The van der Waals surface area contributed by atoms with Crippen molar-refractivity contribution in [3.05, 3.63) is 72.2 Å². The Balaban J connectivity index is 1.41. The van der Waals surface area contributed by atoms with Gasteiger partial charge in [0.2, 0.25) is 5.91 Å². The third kappa shape index (κ3) is 6.43. The lowest BCUT2D eigenvalue weighted by atomic mass is 10.1. The van der Waals surface area contributed by atoms with Gasteiger partial charge in [-0.25, -0.2) is 15.0 Å². The topological polar surface area (TPSA) is 91.8 Å². The van der Waals surface area contributed by atoms with Crippen LogP contribution in [0.15, 0.2) is 61.1 Å². The summed E-state index contributed by atoms with van der Waals surface area (Å²) in [5.41, 5.74) is -0.230. The summed E-state index contributed by atoms with van der Waals surface area (Å²) in [6, 6.07) is 11.7. The van der Waals surface area contributed by atoms with Crippen LogP contribution in [0.1, 0.15) is 11.1 Å². The summed E-state index contributed by atoms with van der Waals surface area (Å²) in [5, 5.41) is 8.82. The van der Waals surface area contributed by atoms with Crippen LogP contribution in [0, 0.1) is 0 Å². The molecule has 0 aliphatic heterocycles. The Morgan fingerprint density at radius 1 is 0.900 bits per heavy atom. The number of carbonyl (C=O) groups is 1. The van der Waals surface area contributed by atoms with E-state index in [0.29, 0.717) is 36.1 Å². The molecule has 10 heteroatoms. The highest BCUT2D eigenvalue weighted by molar-refractivity contribution is 5.78. The van der Waals surface area contributed by atoms with Gasteiger partial charge in [0.15, 0.2) is 0 Å². The summed E-state index contributed by atoms with van der Waals surface area (Å²) >= 11 is 0. The van der Waals surface area contributed by atoms with Crippen molar-refractivity contribution in [3.63, 3.8) is 0 Å². The van der Waals surface area contributed by atoms with Gasteiger partial charge in [0.1, 0.15) is 23.8 Å². The second kappa shape index (κ2) is 9.68. The monoisotopic (exact) mass is 416 g/mol. The number of nitrogens with one attached hydrogen (secondary N) is 3. The summed E-state index contributed by atoms with van der Waals surface area (Å²) < 4.78 is 37.7. The lowest BCUT2D eigenvalue weighted by Crippen LogP contribution is -2.30. The molecule has 0 saturated heterocycles. The molecule has 0 bridgehead atoms. The average Bonchev–Trinajstić information content (AvgIpc) is 2.72. The second-order valence-electron chi connectivity index (χ2n) is 6.28. The van der Waals surface area contributed by atoms with Crippen molar-refractivity contribution in [2.75, 3.05) is 23.7 Å². The minimum absolute atomic E-state index is 0.00376. The number of halogens is 3. The van der Waals surface area contributed by atoms with Crippen LogP contribution in [0.3, 0.4) is 0 Å². The standard InChI is InChI=1S/C20H19F3N6O/c21-20(22,23)15-6-4-14(5-7-15)11-19(30)26-10-9-25-17-12-18(28-13-27-17)29-16-3-1-2-8-24-16/h1-8,12-13H,9-11H2,(H,26,30)(H2,24,25,27,28,29). The van der Waals surface area contributed by atoms with Crippen LogP contribution in [0.2, 0.25) is 0 Å². The molecule has 7 nitrogen and oxygen atoms in total. The molecule has 0 spiro atoms. The number of pyridine rings is 1. The van der Waals surface area contributed by atoms with Crippen LogP contribution >= 0.6 is 0 Å². The molecule has 3 aromatic rings. The zero-order chi connectivity index (χ0) is 21.4. The van der Waals surface area contributed by atoms with Gasteiger partial charge in [0.05, 0.1) is 12.0 Å². The first kappa shape index (κ1) is 21.0. The lowest BCUT2D eigenvalue weighted by molar-refractivity contribution is -0.137. The number of hydrogen-bond acceptors (Lipinski definition) is 6. The van der Waals surface area contributed by atoms with Gasteiger partial charge in [-0.2, -0.15) is 13.2 Å². The van der Waals surface area contributed by atoms with Gasteiger partial charge in [-0.1, -0.05) is 18.2 Å². The van der Waals surface area contributed by atoms with Crippen LogP contribution in [0.4, 0.5) is 30.6 Å². The van der Waals surface area contributed by atoms with Crippen molar-refractivity contribution in [2.24, 2.45) is 0 Å². The van der Waals surface area contributed by atoms with E-state index in [1.165, 1.54) is 18.5 Å². The Morgan fingerprint density at radius 3 is 2.37 bits per heavy atom. The average molecular weight is 416 g/mol. The number of anilines is 3. The molecular weight excluding hydrogens is 397 g/mol. The molecule has 0 radical (unpaired) electrons. The van der Waals surface area contributed by atoms with Crippen LogP contribution in [0.25, 0.3) is 0 Å². The van der Waals surface area contributed by atoms with Crippen LogP contribution < -0.4 is 16.0 Å². The van der Waals surface area contributed by atoms with E-state index in [4.69, 9.17) is 0 Å². The van der Waals surface area contributed by atoms with E-state index in [1.54, 1.807) is 18.3 Å². The summed E-state index contributed by atoms with van der Waals surface area (Å²) in [4.78, 5) is 24.3. The number of nitrogens with zero attached hydrogens (tertiary/aromatic N) is 3. The number of rotatable bonds is 8. The molecule has 0 fully saturated rings. The van der Waals surface area contributed by atoms with Crippen molar-refractivity contribution in [3.8, 4) is 0 Å². The fourth-order valence-corrected chi connectivity index (χ4v) is 2.54. The molecule has 0 atom stereocenters. The minimum Gasteiger partial charge on any atom is -0.368 e. The SMILES string of the molecule is O=C(Cc1ccc(C(F)(F)F)cc1)NCCNc1cc(Nc2ccccn2)ncn1. The molecule has 2 aromatic heterocycles. The number of carbonyl (C=O) groups excluding carboxylic acids is 1. The summed E-state index contributed by atoms with van der Waals surface area (Å²) in [5.74, 6) is 1.51. The Morgan fingerprint density at radius 2 is 1.67 bits per heavy atom. The van der Waals surface area contributed by atoms with E-state index in [9.17, 15) is 18.0 Å². The van der Waals surface area contributed by atoms with Gasteiger partial charge in [0, 0.05) is 25.4 Å². The predicted molar refractivity (Wildman–Crippen MR) is 106 cm³/mol. The van der Waals surface area contributed by atoms with Crippen molar-refractivity contribution in [2.45, 2.75) is 12.6 Å². The highest BCUT2D eigenvalue weighted by atomic mass is 19.4. The minimum atomic E-state index is -4.39.